The Balaban J connectivity index is 2.38. The molecule has 8 nitrogen and oxygen atoms in total. The van der Waals surface area contributed by atoms with Crippen molar-refractivity contribution in [2.75, 3.05) is 24.7 Å². The van der Waals surface area contributed by atoms with Gasteiger partial charge in [-0.3, -0.25) is 13.8 Å². The standard InChI is InChI=1S/C12H20N2O6S/c1-8(15)13-10(12(17)18)6-21(19)7-11(16)14-9-2-4-20-5-3-9/h9-10H,2-7H2,1H3,(H,13,15)(H,14,16)(H,17,18)/t10-,21?/m0/s1. The van der Waals surface area contributed by atoms with E-state index in [9.17, 15) is 18.6 Å². The molecule has 1 aliphatic heterocycles. The summed E-state index contributed by atoms with van der Waals surface area (Å²) in [5.74, 6) is -2.75. The Bertz CT molecular complexity index is 422. The molecule has 1 unspecified atom stereocenters. The second kappa shape index (κ2) is 8.73. The molecule has 0 spiro atoms. The maximum absolute atomic E-state index is 11.8. The van der Waals surface area contributed by atoms with Gasteiger partial charge in [-0.15, -0.1) is 0 Å². The Morgan fingerprint density at radius 1 is 1.33 bits per heavy atom. The molecule has 1 saturated heterocycles. The number of carbonyl (C=O) groups excluding carboxylic acids is 2. The molecule has 2 atom stereocenters. The van der Waals surface area contributed by atoms with Gasteiger partial charge in [0.15, 0.2) is 0 Å². The zero-order valence-electron chi connectivity index (χ0n) is 11.8. The predicted octanol–water partition coefficient (Wildman–Crippen LogP) is -1.38. The number of carbonyl (C=O) groups is 3. The van der Waals surface area contributed by atoms with Crippen molar-refractivity contribution >= 4 is 28.6 Å². The molecule has 1 fully saturated rings. The SMILES string of the molecule is CC(=O)N[C@@H](CS(=O)CC(=O)NC1CCOCC1)C(=O)O. The molecule has 0 aromatic carbocycles. The summed E-state index contributed by atoms with van der Waals surface area (Å²) in [5, 5.41) is 13.8. The van der Waals surface area contributed by atoms with E-state index in [1.165, 1.54) is 6.92 Å². The van der Waals surface area contributed by atoms with Crippen LogP contribution in [-0.4, -0.2) is 63.9 Å². The zero-order valence-corrected chi connectivity index (χ0v) is 12.6. The van der Waals surface area contributed by atoms with E-state index in [4.69, 9.17) is 9.84 Å². The second-order valence-electron chi connectivity index (χ2n) is 4.80. The molecule has 3 N–H and O–H groups in total. The minimum absolute atomic E-state index is 0.00821. The third-order valence-electron chi connectivity index (χ3n) is 2.91. The predicted molar refractivity (Wildman–Crippen MR) is 75.1 cm³/mol. The molecule has 1 rings (SSSR count). The molecule has 21 heavy (non-hydrogen) atoms. The molecule has 1 aliphatic rings. The van der Waals surface area contributed by atoms with Crippen molar-refractivity contribution in [3.63, 3.8) is 0 Å². The molecule has 120 valence electrons. The van der Waals surface area contributed by atoms with Crippen molar-refractivity contribution in [2.24, 2.45) is 0 Å². The average Bonchev–Trinajstić information content (AvgIpc) is 2.38. The summed E-state index contributed by atoms with van der Waals surface area (Å²) < 4.78 is 17.0. The number of aliphatic carboxylic acids is 1. The van der Waals surface area contributed by atoms with Crippen LogP contribution in [0.4, 0.5) is 0 Å². The average molecular weight is 320 g/mol. The third kappa shape index (κ3) is 7.19. The summed E-state index contributed by atoms with van der Waals surface area (Å²) in [7, 11) is -1.66. The normalized spacial score (nSPS) is 18.5. The Labute approximate surface area is 125 Å². The molecule has 2 amide bonds. The van der Waals surface area contributed by atoms with Gasteiger partial charge in [0.25, 0.3) is 0 Å². The highest BCUT2D eigenvalue weighted by Crippen LogP contribution is 2.06. The van der Waals surface area contributed by atoms with Gasteiger partial charge < -0.3 is 20.5 Å². The van der Waals surface area contributed by atoms with Crippen molar-refractivity contribution in [3.8, 4) is 0 Å². The molecule has 0 saturated carbocycles. The van der Waals surface area contributed by atoms with Crippen LogP contribution in [-0.2, 0) is 29.9 Å². The second-order valence-corrected chi connectivity index (χ2v) is 6.30. The van der Waals surface area contributed by atoms with Crippen molar-refractivity contribution in [3.05, 3.63) is 0 Å². The number of nitrogens with one attached hydrogen (secondary N) is 2. The largest absolute Gasteiger partial charge is 0.480 e. The van der Waals surface area contributed by atoms with Crippen LogP contribution in [0.1, 0.15) is 19.8 Å². The van der Waals surface area contributed by atoms with Crippen LogP contribution in [0.15, 0.2) is 0 Å². The molecule has 1 heterocycles. The maximum Gasteiger partial charge on any atom is 0.327 e. The van der Waals surface area contributed by atoms with Crippen LogP contribution >= 0.6 is 0 Å². The van der Waals surface area contributed by atoms with Crippen LogP contribution < -0.4 is 10.6 Å². The minimum Gasteiger partial charge on any atom is -0.480 e. The fourth-order valence-corrected chi connectivity index (χ4v) is 3.01. The Hall–Kier alpha value is -1.48. The van der Waals surface area contributed by atoms with Crippen molar-refractivity contribution < 1.29 is 28.4 Å². The van der Waals surface area contributed by atoms with E-state index in [1.54, 1.807) is 0 Å². The third-order valence-corrected chi connectivity index (χ3v) is 4.20. The Morgan fingerprint density at radius 2 is 1.95 bits per heavy atom. The molecule has 0 aliphatic carbocycles. The lowest BCUT2D eigenvalue weighted by atomic mass is 10.1. The van der Waals surface area contributed by atoms with Crippen LogP contribution in [0.2, 0.25) is 0 Å². The first-order valence-corrected chi connectivity index (χ1v) is 8.09. The van der Waals surface area contributed by atoms with Crippen LogP contribution in [0.3, 0.4) is 0 Å². The first-order valence-electron chi connectivity index (χ1n) is 6.60. The first kappa shape index (κ1) is 17.6. The number of hydrogen-bond donors (Lipinski definition) is 3. The van der Waals surface area contributed by atoms with Crippen molar-refractivity contribution in [1.82, 2.24) is 10.6 Å². The van der Waals surface area contributed by atoms with Crippen LogP contribution in [0, 0.1) is 0 Å². The van der Waals surface area contributed by atoms with Gasteiger partial charge in [0, 0.05) is 37.0 Å². The van der Waals surface area contributed by atoms with Crippen LogP contribution in [0.25, 0.3) is 0 Å². The minimum atomic E-state index is -1.66. The molecule has 0 aromatic rings. The van der Waals surface area contributed by atoms with Crippen molar-refractivity contribution in [2.45, 2.75) is 31.8 Å². The monoisotopic (exact) mass is 320 g/mol. The van der Waals surface area contributed by atoms with E-state index < -0.39 is 28.7 Å². The molecular formula is C12H20N2O6S. The lowest BCUT2D eigenvalue weighted by Crippen LogP contribution is -2.45. The molecule has 0 bridgehead atoms. The highest BCUT2D eigenvalue weighted by molar-refractivity contribution is 7.85. The number of hydrogen-bond acceptors (Lipinski definition) is 5. The molecule has 0 aromatic heterocycles. The van der Waals surface area contributed by atoms with Gasteiger partial charge in [-0.25, -0.2) is 4.79 Å². The van der Waals surface area contributed by atoms with Crippen LogP contribution in [0.5, 0.6) is 0 Å². The maximum atomic E-state index is 11.8. The highest BCUT2D eigenvalue weighted by atomic mass is 32.2. The number of carboxylic acids is 1. The van der Waals surface area contributed by atoms with E-state index in [0.717, 1.165) is 0 Å². The lowest BCUT2D eigenvalue weighted by Gasteiger charge is -2.23. The molecular weight excluding hydrogens is 300 g/mol. The topological polar surface area (TPSA) is 122 Å². The number of ether oxygens (including phenoxy) is 1. The van der Waals surface area contributed by atoms with Gasteiger partial charge >= 0.3 is 5.97 Å². The summed E-state index contributed by atoms with van der Waals surface area (Å²) in [6, 6.07) is -1.24. The highest BCUT2D eigenvalue weighted by Gasteiger charge is 2.23. The van der Waals surface area contributed by atoms with Gasteiger partial charge in [0.1, 0.15) is 11.8 Å². The number of rotatable bonds is 7. The van der Waals surface area contributed by atoms with Gasteiger partial charge in [-0.1, -0.05) is 0 Å². The Kier molecular flexibility index (Phi) is 7.30. The molecule has 0 radical (unpaired) electrons. The Morgan fingerprint density at radius 3 is 2.48 bits per heavy atom. The smallest absolute Gasteiger partial charge is 0.327 e. The van der Waals surface area contributed by atoms with Gasteiger partial charge in [-0.05, 0) is 12.8 Å². The summed E-state index contributed by atoms with van der Waals surface area (Å²) in [5.41, 5.74) is 0. The van der Waals surface area contributed by atoms with E-state index in [-0.39, 0.29) is 23.5 Å². The summed E-state index contributed by atoms with van der Waals surface area (Å²) >= 11 is 0. The van der Waals surface area contributed by atoms with Gasteiger partial charge in [0.05, 0.1) is 5.75 Å². The molecule has 9 heteroatoms. The summed E-state index contributed by atoms with van der Waals surface area (Å²) in [6.45, 7) is 2.34. The van der Waals surface area contributed by atoms with Crippen molar-refractivity contribution in [1.29, 1.82) is 0 Å². The summed E-state index contributed by atoms with van der Waals surface area (Å²) in [6.07, 6.45) is 1.42. The van der Waals surface area contributed by atoms with Gasteiger partial charge in [-0.2, -0.15) is 0 Å². The lowest BCUT2D eigenvalue weighted by molar-refractivity contribution is -0.140. The quantitative estimate of drug-likeness (QED) is 0.531. The van der Waals surface area contributed by atoms with E-state index in [1.807, 2.05) is 0 Å². The fraction of sp³-hybridized carbons (Fsp3) is 0.750. The summed E-state index contributed by atoms with van der Waals surface area (Å²) in [4.78, 5) is 33.5. The zero-order chi connectivity index (χ0) is 15.8. The van der Waals surface area contributed by atoms with E-state index >= 15 is 0 Å². The fourth-order valence-electron chi connectivity index (χ4n) is 1.92. The number of amides is 2. The van der Waals surface area contributed by atoms with E-state index in [2.05, 4.69) is 10.6 Å². The van der Waals surface area contributed by atoms with Gasteiger partial charge in [0.2, 0.25) is 11.8 Å². The number of carboxylic acid groups (broad SMARTS) is 1. The van der Waals surface area contributed by atoms with E-state index in [0.29, 0.717) is 26.1 Å². The first-order chi connectivity index (χ1) is 9.88.